The zero-order valence-electron chi connectivity index (χ0n) is 12.6. The first kappa shape index (κ1) is 16.9. The normalized spacial score (nSPS) is 17.6. The molecule has 0 radical (unpaired) electrons. The van der Waals surface area contributed by atoms with Crippen LogP contribution in [0.3, 0.4) is 0 Å². The second-order valence-electron chi connectivity index (χ2n) is 5.60. The second-order valence-corrected chi connectivity index (χ2v) is 5.60. The molecule has 1 N–H and O–H groups in total. The fourth-order valence-electron chi connectivity index (χ4n) is 2.50. The van der Waals surface area contributed by atoms with Crippen molar-refractivity contribution in [3.05, 3.63) is 23.8 Å². The number of aromatic hydroxyl groups is 1. The number of halogens is 3. The van der Waals surface area contributed by atoms with Crippen molar-refractivity contribution in [3.63, 3.8) is 0 Å². The maximum atomic E-state index is 12.2. The van der Waals surface area contributed by atoms with E-state index in [1.54, 1.807) is 6.07 Å². The molecule has 0 amide bonds. The number of hydrogen-bond acceptors (Lipinski definition) is 4. The van der Waals surface area contributed by atoms with Gasteiger partial charge in [-0.25, -0.2) is 0 Å². The predicted molar refractivity (Wildman–Crippen MR) is 77.0 cm³/mol. The Morgan fingerprint density at radius 1 is 1.18 bits per heavy atom. The molecular weight excluding hydrogens is 297 g/mol. The van der Waals surface area contributed by atoms with Crippen LogP contribution in [0, 0.1) is 0 Å². The Morgan fingerprint density at radius 2 is 1.86 bits per heavy atom. The Morgan fingerprint density at radius 3 is 2.50 bits per heavy atom. The number of rotatable bonds is 5. The molecule has 1 aliphatic heterocycles. The van der Waals surface area contributed by atoms with Gasteiger partial charge in [-0.2, -0.15) is 0 Å². The largest absolute Gasteiger partial charge is 0.573 e. The number of alkyl halides is 3. The van der Waals surface area contributed by atoms with Gasteiger partial charge in [0.25, 0.3) is 0 Å². The number of nitrogens with zero attached hydrogens (tertiary/aromatic N) is 2. The van der Waals surface area contributed by atoms with Crippen LogP contribution in [0.1, 0.15) is 12.0 Å². The van der Waals surface area contributed by atoms with Gasteiger partial charge in [-0.15, -0.1) is 13.2 Å². The summed E-state index contributed by atoms with van der Waals surface area (Å²) in [5.41, 5.74) is 0.728. The average Bonchev–Trinajstić information content (AvgIpc) is 2.43. The van der Waals surface area contributed by atoms with Gasteiger partial charge in [-0.1, -0.05) is 6.07 Å². The highest BCUT2D eigenvalue weighted by Gasteiger charge is 2.32. The summed E-state index contributed by atoms with van der Waals surface area (Å²) in [4.78, 5) is 4.63. The fourth-order valence-corrected chi connectivity index (χ4v) is 2.50. The van der Waals surface area contributed by atoms with E-state index in [4.69, 9.17) is 0 Å². The van der Waals surface area contributed by atoms with Gasteiger partial charge in [0.1, 0.15) is 0 Å². The topological polar surface area (TPSA) is 35.9 Å². The molecule has 1 aliphatic rings. The molecule has 1 fully saturated rings. The van der Waals surface area contributed by atoms with Crippen molar-refractivity contribution < 1.29 is 23.0 Å². The molecule has 22 heavy (non-hydrogen) atoms. The molecule has 2 rings (SSSR count). The summed E-state index contributed by atoms with van der Waals surface area (Å²) in [7, 11) is 2.09. The molecule has 0 aromatic heterocycles. The van der Waals surface area contributed by atoms with Crippen molar-refractivity contribution in [1.29, 1.82) is 0 Å². The van der Waals surface area contributed by atoms with Crippen molar-refractivity contribution in [2.45, 2.75) is 19.2 Å². The summed E-state index contributed by atoms with van der Waals surface area (Å²) < 4.78 is 40.5. The number of piperazine rings is 1. The lowest BCUT2D eigenvalue weighted by Crippen LogP contribution is -2.44. The maximum absolute atomic E-state index is 12.2. The maximum Gasteiger partial charge on any atom is 0.573 e. The number of hydrogen-bond donors (Lipinski definition) is 1. The van der Waals surface area contributed by atoms with Crippen LogP contribution in [0.5, 0.6) is 11.5 Å². The molecule has 124 valence electrons. The van der Waals surface area contributed by atoms with Gasteiger partial charge < -0.3 is 19.6 Å². The smallest absolute Gasteiger partial charge is 0.504 e. The first-order chi connectivity index (χ1) is 10.3. The highest BCUT2D eigenvalue weighted by molar-refractivity contribution is 5.42. The number of phenolic OH excluding ortho intramolecular Hbond substituents is 1. The number of likely N-dealkylation sites (N-methyl/N-ethyl adjacent to an activating group) is 1. The van der Waals surface area contributed by atoms with E-state index >= 15 is 0 Å². The Labute approximate surface area is 128 Å². The van der Waals surface area contributed by atoms with E-state index in [1.165, 1.54) is 12.1 Å². The lowest BCUT2D eigenvalue weighted by atomic mass is 10.1. The highest BCUT2D eigenvalue weighted by Crippen LogP contribution is 2.32. The molecule has 0 atom stereocenters. The van der Waals surface area contributed by atoms with Gasteiger partial charge in [-0.05, 0) is 44.1 Å². The third kappa shape index (κ3) is 5.38. The van der Waals surface area contributed by atoms with Crippen LogP contribution in [0.2, 0.25) is 0 Å². The highest BCUT2D eigenvalue weighted by atomic mass is 19.4. The van der Waals surface area contributed by atoms with Crippen LogP contribution in [0.4, 0.5) is 13.2 Å². The van der Waals surface area contributed by atoms with Crippen molar-refractivity contribution >= 4 is 0 Å². The summed E-state index contributed by atoms with van der Waals surface area (Å²) in [6, 6.07) is 4.13. The molecule has 7 heteroatoms. The van der Waals surface area contributed by atoms with Gasteiger partial charge in [0.15, 0.2) is 11.5 Å². The van der Waals surface area contributed by atoms with Gasteiger partial charge in [0.05, 0.1) is 0 Å². The first-order valence-electron chi connectivity index (χ1n) is 7.32. The van der Waals surface area contributed by atoms with Crippen LogP contribution in [0.15, 0.2) is 18.2 Å². The van der Waals surface area contributed by atoms with E-state index in [-0.39, 0.29) is 0 Å². The Kier molecular flexibility index (Phi) is 5.52. The van der Waals surface area contributed by atoms with Crippen molar-refractivity contribution in [2.24, 2.45) is 0 Å². The van der Waals surface area contributed by atoms with Crippen molar-refractivity contribution in [3.8, 4) is 11.5 Å². The minimum atomic E-state index is -4.80. The lowest BCUT2D eigenvalue weighted by molar-refractivity contribution is -0.275. The summed E-state index contributed by atoms with van der Waals surface area (Å²) >= 11 is 0. The Hall–Kier alpha value is -1.47. The van der Waals surface area contributed by atoms with Gasteiger partial charge in [-0.3, -0.25) is 0 Å². The van der Waals surface area contributed by atoms with E-state index in [2.05, 4.69) is 21.6 Å². The lowest BCUT2D eigenvalue weighted by Gasteiger charge is -2.32. The molecule has 0 bridgehead atoms. The molecule has 0 aliphatic carbocycles. The first-order valence-corrected chi connectivity index (χ1v) is 7.32. The third-order valence-corrected chi connectivity index (χ3v) is 3.79. The van der Waals surface area contributed by atoms with Crippen molar-refractivity contribution in [1.82, 2.24) is 9.80 Å². The second kappa shape index (κ2) is 7.19. The Bertz CT molecular complexity index is 486. The van der Waals surface area contributed by atoms with E-state index in [0.717, 1.165) is 44.7 Å². The number of aryl methyl sites for hydroxylation is 1. The van der Waals surface area contributed by atoms with Crippen LogP contribution >= 0.6 is 0 Å². The van der Waals surface area contributed by atoms with E-state index in [9.17, 15) is 18.3 Å². The molecule has 0 spiro atoms. The molecule has 1 aromatic rings. The molecule has 0 saturated carbocycles. The van der Waals surface area contributed by atoms with Crippen LogP contribution < -0.4 is 4.74 Å². The zero-order chi connectivity index (χ0) is 16.2. The minimum Gasteiger partial charge on any atom is -0.504 e. The molecule has 4 nitrogen and oxygen atoms in total. The zero-order valence-corrected chi connectivity index (χ0v) is 12.6. The fraction of sp³-hybridized carbons (Fsp3) is 0.600. The van der Waals surface area contributed by atoms with Crippen LogP contribution in [-0.4, -0.2) is 61.0 Å². The van der Waals surface area contributed by atoms with Gasteiger partial charge >= 0.3 is 6.36 Å². The summed E-state index contributed by atoms with van der Waals surface area (Å²) in [5.74, 6) is -1.04. The summed E-state index contributed by atoms with van der Waals surface area (Å²) in [6.07, 6.45) is -3.28. The molecule has 0 unspecified atom stereocenters. The standard InChI is InChI=1S/C15H21F3N2O2/c1-19-7-9-20(10-8-19)6-2-3-12-4-5-13(21)14(11-12)22-15(16,17)18/h4-5,11,21H,2-3,6-10H2,1H3. The van der Waals surface area contributed by atoms with Gasteiger partial charge in [0.2, 0.25) is 0 Å². The van der Waals surface area contributed by atoms with Gasteiger partial charge in [0, 0.05) is 26.2 Å². The molecule has 1 heterocycles. The predicted octanol–water partition coefficient (Wildman–Crippen LogP) is 2.47. The molecular formula is C15H21F3N2O2. The number of ether oxygens (including phenoxy) is 1. The molecule has 1 saturated heterocycles. The quantitative estimate of drug-likeness (QED) is 0.905. The van der Waals surface area contributed by atoms with Crippen LogP contribution in [0.25, 0.3) is 0 Å². The van der Waals surface area contributed by atoms with E-state index in [1.807, 2.05) is 0 Å². The average molecular weight is 318 g/mol. The van der Waals surface area contributed by atoms with E-state index < -0.39 is 17.9 Å². The third-order valence-electron chi connectivity index (χ3n) is 3.79. The SMILES string of the molecule is CN1CCN(CCCc2ccc(O)c(OC(F)(F)F)c2)CC1. The Balaban J connectivity index is 1.84. The van der Waals surface area contributed by atoms with Crippen molar-refractivity contribution in [2.75, 3.05) is 39.8 Å². The molecule has 1 aromatic carbocycles. The minimum absolute atomic E-state index is 0.500. The number of phenols is 1. The summed E-state index contributed by atoms with van der Waals surface area (Å²) in [5, 5.41) is 9.41. The van der Waals surface area contributed by atoms with Crippen LogP contribution in [-0.2, 0) is 6.42 Å². The monoisotopic (exact) mass is 318 g/mol. The number of benzene rings is 1. The van der Waals surface area contributed by atoms with E-state index in [0.29, 0.717) is 6.42 Å². The summed E-state index contributed by atoms with van der Waals surface area (Å²) in [6.45, 7) is 5.05.